The van der Waals surface area contributed by atoms with E-state index in [1.54, 1.807) is 0 Å². The summed E-state index contributed by atoms with van der Waals surface area (Å²) in [6.45, 7) is 3.50. The number of nitrogens with one attached hydrogen (secondary N) is 2. The molecule has 1 saturated heterocycles. The molecule has 0 spiro atoms. The standard InChI is InChI=1S/C20H21ClN4O.2ClH/c1-13-23-17-5-2-3-7-19(17)25(13)12-14-11-15(8-9-16(14)21)24-20(26)18-6-4-10-22-18;;/h2-3,5,7-9,11,18,22H,4,6,10,12H2,1H3,(H,24,26);2*1H. The first kappa shape index (κ1) is 22.5. The quantitative estimate of drug-likeness (QED) is 0.623. The number of nitrogens with zero attached hydrogens (tertiary/aromatic N) is 2. The van der Waals surface area contributed by atoms with Gasteiger partial charge in [-0.3, -0.25) is 4.79 Å². The number of carbonyl (C=O) groups is 1. The van der Waals surface area contributed by atoms with Gasteiger partial charge in [0.15, 0.2) is 0 Å². The lowest BCUT2D eigenvalue weighted by molar-refractivity contribution is -0.117. The van der Waals surface area contributed by atoms with Crippen LogP contribution in [0.25, 0.3) is 11.0 Å². The molecule has 0 aliphatic carbocycles. The van der Waals surface area contributed by atoms with E-state index in [1.165, 1.54) is 0 Å². The van der Waals surface area contributed by atoms with E-state index in [0.717, 1.165) is 47.5 Å². The largest absolute Gasteiger partial charge is 0.325 e. The van der Waals surface area contributed by atoms with Crippen LogP contribution < -0.4 is 10.6 Å². The summed E-state index contributed by atoms with van der Waals surface area (Å²) in [6, 6.07) is 13.6. The topological polar surface area (TPSA) is 59.0 Å². The number of carbonyl (C=O) groups excluding carboxylic acids is 1. The fraction of sp³-hybridized carbons (Fsp3) is 0.300. The highest BCUT2D eigenvalue weighted by Gasteiger charge is 2.22. The Kier molecular flexibility index (Phi) is 7.72. The number of aromatic nitrogens is 2. The van der Waals surface area contributed by atoms with Crippen LogP contribution in [0.2, 0.25) is 5.02 Å². The number of hydrogen-bond donors (Lipinski definition) is 2. The molecule has 0 bridgehead atoms. The van der Waals surface area contributed by atoms with Crippen molar-refractivity contribution in [1.29, 1.82) is 0 Å². The maximum atomic E-state index is 12.3. The highest BCUT2D eigenvalue weighted by atomic mass is 35.5. The first-order valence-corrected chi connectivity index (χ1v) is 9.24. The summed E-state index contributed by atoms with van der Waals surface area (Å²) in [4.78, 5) is 16.9. The summed E-state index contributed by atoms with van der Waals surface area (Å²) in [5.41, 5.74) is 3.77. The van der Waals surface area contributed by atoms with Gasteiger partial charge >= 0.3 is 0 Å². The summed E-state index contributed by atoms with van der Waals surface area (Å²) in [5.74, 6) is 0.951. The van der Waals surface area contributed by atoms with E-state index in [0.29, 0.717) is 11.6 Å². The minimum atomic E-state index is -0.103. The number of fused-ring (bicyclic) bond motifs is 1. The average molecular weight is 442 g/mol. The number of benzene rings is 2. The maximum absolute atomic E-state index is 12.3. The molecule has 1 aliphatic rings. The van der Waals surface area contributed by atoms with Gasteiger partial charge < -0.3 is 15.2 Å². The monoisotopic (exact) mass is 440 g/mol. The van der Waals surface area contributed by atoms with Gasteiger partial charge in [-0.15, -0.1) is 24.8 Å². The molecule has 1 aliphatic heterocycles. The van der Waals surface area contributed by atoms with Gasteiger partial charge in [-0.2, -0.15) is 0 Å². The van der Waals surface area contributed by atoms with Crippen molar-refractivity contribution >= 4 is 59.0 Å². The molecule has 28 heavy (non-hydrogen) atoms. The van der Waals surface area contributed by atoms with E-state index in [-0.39, 0.29) is 36.8 Å². The Morgan fingerprint density at radius 3 is 2.82 bits per heavy atom. The number of anilines is 1. The Balaban J connectivity index is 0.00000140. The van der Waals surface area contributed by atoms with Crippen molar-refractivity contribution in [2.24, 2.45) is 0 Å². The van der Waals surface area contributed by atoms with Crippen LogP contribution in [0.3, 0.4) is 0 Å². The van der Waals surface area contributed by atoms with E-state index in [1.807, 2.05) is 43.3 Å². The van der Waals surface area contributed by atoms with Crippen LogP contribution in [0.4, 0.5) is 5.69 Å². The van der Waals surface area contributed by atoms with Gasteiger partial charge in [0, 0.05) is 10.7 Å². The molecule has 0 saturated carbocycles. The van der Waals surface area contributed by atoms with E-state index >= 15 is 0 Å². The molecule has 5 nitrogen and oxygen atoms in total. The lowest BCUT2D eigenvalue weighted by Gasteiger charge is -2.14. The molecule has 2 heterocycles. The average Bonchev–Trinajstić information content (AvgIpc) is 3.27. The van der Waals surface area contributed by atoms with E-state index in [4.69, 9.17) is 11.6 Å². The second-order valence-corrected chi connectivity index (χ2v) is 7.09. The zero-order chi connectivity index (χ0) is 18.1. The fourth-order valence-electron chi connectivity index (χ4n) is 3.48. The van der Waals surface area contributed by atoms with Gasteiger partial charge in [-0.1, -0.05) is 23.7 Å². The van der Waals surface area contributed by atoms with Gasteiger partial charge in [0.2, 0.25) is 5.91 Å². The third kappa shape index (κ3) is 4.61. The first-order valence-electron chi connectivity index (χ1n) is 8.86. The molecule has 1 unspecified atom stereocenters. The minimum absolute atomic E-state index is 0. The summed E-state index contributed by atoms with van der Waals surface area (Å²) < 4.78 is 2.14. The molecule has 1 aromatic heterocycles. The summed E-state index contributed by atoms with van der Waals surface area (Å²) in [7, 11) is 0. The van der Waals surface area contributed by atoms with Crippen molar-refractivity contribution in [3.63, 3.8) is 0 Å². The molecule has 2 aromatic carbocycles. The first-order chi connectivity index (χ1) is 12.6. The number of hydrogen-bond acceptors (Lipinski definition) is 3. The number of aryl methyl sites for hydroxylation is 1. The molecule has 1 fully saturated rings. The number of rotatable bonds is 4. The smallest absolute Gasteiger partial charge is 0.241 e. The molecule has 1 atom stereocenters. The van der Waals surface area contributed by atoms with Crippen LogP contribution in [0.5, 0.6) is 0 Å². The summed E-state index contributed by atoms with van der Waals surface area (Å²) >= 11 is 6.42. The van der Waals surface area contributed by atoms with Crippen molar-refractivity contribution in [2.75, 3.05) is 11.9 Å². The van der Waals surface area contributed by atoms with E-state index in [9.17, 15) is 4.79 Å². The highest BCUT2D eigenvalue weighted by Crippen LogP contribution is 2.25. The molecule has 150 valence electrons. The molecule has 3 aromatic rings. The highest BCUT2D eigenvalue weighted by molar-refractivity contribution is 6.31. The third-order valence-electron chi connectivity index (χ3n) is 4.86. The van der Waals surface area contributed by atoms with Gasteiger partial charge in [-0.25, -0.2) is 4.98 Å². The number of para-hydroxylation sites is 2. The Bertz CT molecular complexity index is 967. The zero-order valence-corrected chi connectivity index (χ0v) is 17.8. The van der Waals surface area contributed by atoms with Crippen molar-refractivity contribution in [2.45, 2.75) is 32.4 Å². The molecular formula is C20H23Cl3N4O. The van der Waals surface area contributed by atoms with Crippen molar-refractivity contribution in [3.05, 3.63) is 58.9 Å². The maximum Gasteiger partial charge on any atom is 0.241 e. The molecule has 2 N–H and O–H groups in total. The van der Waals surface area contributed by atoms with Crippen molar-refractivity contribution in [1.82, 2.24) is 14.9 Å². The minimum Gasteiger partial charge on any atom is -0.325 e. The Morgan fingerprint density at radius 2 is 2.07 bits per heavy atom. The predicted molar refractivity (Wildman–Crippen MR) is 119 cm³/mol. The predicted octanol–water partition coefficient (Wildman–Crippen LogP) is 4.58. The van der Waals surface area contributed by atoms with Crippen LogP contribution in [0, 0.1) is 6.92 Å². The van der Waals surface area contributed by atoms with E-state index in [2.05, 4.69) is 26.3 Å². The summed E-state index contributed by atoms with van der Waals surface area (Å²) in [5, 5.41) is 6.89. The van der Waals surface area contributed by atoms with Crippen LogP contribution in [-0.4, -0.2) is 28.0 Å². The molecular weight excluding hydrogens is 419 g/mol. The number of halogens is 3. The van der Waals surface area contributed by atoms with Gasteiger partial charge in [-0.05, 0) is 62.2 Å². The number of imidazole rings is 1. The van der Waals surface area contributed by atoms with Gasteiger partial charge in [0.05, 0.1) is 23.6 Å². The van der Waals surface area contributed by atoms with E-state index < -0.39 is 0 Å². The zero-order valence-electron chi connectivity index (χ0n) is 15.4. The van der Waals surface area contributed by atoms with Gasteiger partial charge in [0.1, 0.15) is 5.82 Å². The second-order valence-electron chi connectivity index (χ2n) is 6.68. The molecule has 4 rings (SSSR count). The SMILES string of the molecule is Cc1nc2ccccc2n1Cc1cc(NC(=O)C2CCCN2)ccc1Cl.Cl.Cl. The third-order valence-corrected chi connectivity index (χ3v) is 5.23. The second kappa shape index (κ2) is 9.61. The lowest BCUT2D eigenvalue weighted by atomic mass is 10.1. The van der Waals surface area contributed by atoms with Crippen LogP contribution >= 0.6 is 36.4 Å². The Morgan fingerprint density at radius 1 is 1.29 bits per heavy atom. The Labute approximate surface area is 181 Å². The molecule has 8 heteroatoms. The van der Waals surface area contributed by atoms with Gasteiger partial charge in [0.25, 0.3) is 0 Å². The van der Waals surface area contributed by atoms with Crippen LogP contribution in [0.1, 0.15) is 24.2 Å². The molecule has 1 amide bonds. The fourth-order valence-corrected chi connectivity index (χ4v) is 3.65. The van der Waals surface area contributed by atoms with Crippen LogP contribution in [-0.2, 0) is 11.3 Å². The van der Waals surface area contributed by atoms with Crippen molar-refractivity contribution in [3.8, 4) is 0 Å². The van der Waals surface area contributed by atoms with Crippen molar-refractivity contribution < 1.29 is 4.79 Å². The van der Waals surface area contributed by atoms with Crippen LogP contribution in [0.15, 0.2) is 42.5 Å². The molecule has 0 radical (unpaired) electrons. The normalized spacial score (nSPS) is 15.7. The summed E-state index contributed by atoms with van der Waals surface area (Å²) in [6.07, 6.45) is 1.92. The lowest BCUT2D eigenvalue weighted by Crippen LogP contribution is -2.35. The Hall–Kier alpha value is -1.79. The number of amides is 1.